The molecule has 1 N–H and O–H groups in total. The molecule has 0 atom stereocenters. The predicted octanol–water partition coefficient (Wildman–Crippen LogP) is 3.33. The Bertz CT molecular complexity index is 804. The summed E-state index contributed by atoms with van der Waals surface area (Å²) >= 11 is 0. The Labute approximate surface area is 160 Å². The number of rotatable bonds is 8. The molecule has 142 valence electrons. The van der Waals surface area contributed by atoms with Gasteiger partial charge in [-0.1, -0.05) is 36.9 Å². The van der Waals surface area contributed by atoms with E-state index in [-0.39, 0.29) is 5.91 Å². The normalized spacial score (nSPS) is 13.0. The van der Waals surface area contributed by atoms with Crippen LogP contribution in [0.15, 0.2) is 55.1 Å². The number of para-hydroxylation sites is 1. The van der Waals surface area contributed by atoms with Crippen LogP contribution >= 0.6 is 0 Å². The summed E-state index contributed by atoms with van der Waals surface area (Å²) < 4.78 is 10.9. The van der Waals surface area contributed by atoms with Gasteiger partial charge in [-0.2, -0.15) is 0 Å². The number of fused-ring (bicyclic) bond motifs is 1. The Morgan fingerprint density at radius 1 is 1.26 bits per heavy atom. The lowest BCUT2D eigenvalue weighted by molar-refractivity contribution is -0.117. The summed E-state index contributed by atoms with van der Waals surface area (Å²) in [7, 11) is 1.62. The highest BCUT2D eigenvalue weighted by atomic mass is 16.5. The van der Waals surface area contributed by atoms with Crippen molar-refractivity contribution in [3.05, 3.63) is 66.2 Å². The number of nitrogens with one attached hydrogen (secondary N) is 1. The number of methoxy groups -OCH3 is 1. The quantitative estimate of drug-likeness (QED) is 0.728. The second kappa shape index (κ2) is 9.24. The van der Waals surface area contributed by atoms with Crippen LogP contribution in [0.3, 0.4) is 0 Å². The maximum Gasteiger partial charge on any atom is 0.240 e. The largest absolute Gasteiger partial charge is 0.493 e. The average Bonchev–Trinajstić information content (AvgIpc) is 2.72. The van der Waals surface area contributed by atoms with Crippen LogP contribution in [0.1, 0.15) is 17.5 Å². The number of hydrogen-bond donors (Lipinski definition) is 1. The molecule has 5 nitrogen and oxygen atoms in total. The second-order valence-corrected chi connectivity index (χ2v) is 6.47. The molecule has 1 amide bonds. The number of aryl methyl sites for hydroxylation is 1. The molecule has 1 heterocycles. The fourth-order valence-electron chi connectivity index (χ4n) is 3.29. The predicted molar refractivity (Wildman–Crippen MR) is 108 cm³/mol. The molecular weight excluding hydrogens is 340 g/mol. The molecule has 0 aromatic heterocycles. The average molecular weight is 366 g/mol. The maximum atomic E-state index is 12.7. The standard InChI is InChI=1S/C22H26N2O3/c1-3-13-27-20-11-10-17(14-21(20)26-2)15-23-16-22(25)24-12-6-8-18-7-4-5-9-19(18)24/h3-5,7,9-11,14,23H,1,6,8,12-13,15-16H2,2H3. The molecule has 0 saturated carbocycles. The molecule has 0 unspecified atom stereocenters. The van der Waals surface area contributed by atoms with Crippen molar-refractivity contribution in [1.82, 2.24) is 5.32 Å². The number of ether oxygens (including phenoxy) is 2. The summed E-state index contributed by atoms with van der Waals surface area (Å²) in [5.74, 6) is 1.45. The third kappa shape index (κ3) is 4.68. The fourth-order valence-corrected chi connectivity index (χ4v) is 3.29. The number of amides is 1. The summed E-state index contributed by atoms with van der Waals surface area (Å²) in [4.78, 5) is 14.5. The molecule has 2 aromatic carbocycles. The van der Waals surface area contributed by atoms with Crippen LogP contribution in [-0.4, -0.2) is 32.7 Å². The molecule has 0 fully saturated rings. The van der Waals surface area contributed by atoms with Gasteiger partial charge < -0.3 is 19.7 Å². The Kier molecular flexibility index (Phi) is 6.49. The van der Waals surface area contributed by atoms with Gasteiger partial charge in [0.1, 0.15) is 6.61 Å². The maximum absolute atomic E-state index is 12.7. The van der Waals surface area contributed by atoms with Crippen LogP contribution in [0.5, 0.6) is 11.5 Å². The van der Waals surface area contributed by atoms with Gasteiger partial charge in [0, 0.05) is 18.8 Å². The molecular formula is C22H26N2O3. The van der Waals surface area contributed by atoms with Crippen LogP contribution in [-0.2, 0) is 17.8 Å². The van der Waals surface area contributed by atoms with Crippen molar-refractivity contribution < 1.29 is 14.3 Å². The summed E-state index contributed by atoms with van der Waals surface area (Å²) in [6, 6.07) is 13.9. The summed E-state index contributed by atoms with van der Waals surface area (Å²) in [6.07, 6.45) is 3.73. The molecule has 0 saturated heterocycles. The van der Waals surface area contributed by atoms with Gasteiger partial charge in [-0.05, 0) is 42.2 Å². The smallest absolute Gasteiger partial charge is 0.240 e. The van der Waals surface area contributed by atoms with E-state index in [1.165, 1.54) is 5.56 Å². The van der Waals surface area contributed by atoms with Crippen LogP contribution < -0.4 is 19.7 Å². The zero-order valence-corrected chi connectivity index (χ0v) is 15.7. The van der Waals surface area contributed by atoms with Crippen LogP contribution in [0, 0.1) is 0 Å². The lowest BCUT2D eigenvalue weighted by atomic mass is 10.0. The monoisotopic (exact) mass is 366 g/mol. The molecule has 27 heavy (non-hydrogen) atoms. The van der Waals surface area contributed by atoms with E-state index in [2.05, 4.69) is 18.0 Å². The van der Waals surface area contributed by atoms with Crippen molar-refractivity contribution in [2.75, 3.05) is 31.7 Å². The minimum atomic E-state index is 0.0973. The highest BCUT2D eigenvalue weighted by molar-refractivity contribution is 5.95. The summed E-state index contributed by atoms with van der Waals surface area (Å²) in [5, 5.41) is 3.24. The molecule has 1 aliphatic rings. The fraction of sp³-hybridized carbons (Fsp3) is 0.318. The Hall–Kier alpha value is -2.79. The van der Waals surface area contributed by atoms with Gasteiger partial charge in [0.05, 0.1) is 13.7 Å². The van der Waals surface area contributed by atoms with Gasteiger partial charge in [-0.25, -0.2) is 0 Å². The summed E-state index contributed by atoms with van der Waals surface area (Å²) in [5.41, 5.74) is 3.32. The number of carbonyl (C=O) groups is 1. The lowest BCUT2D eigenvalue weighted by Gasteiger charge is -2.29. The van der Waals surface area contributed by atoms with Gasteiger partial charge in [-0.15, -0.1) is 0 Å². The molecule has 5 heteroatoms. The number of nitrogens with zero attached hydrogens (tertiary/aromatic N) is 1. The van der Waals surface area contributed by atoms with E-state index in [0.717, 1.165) is 30.6 Å². The van der Waals surface area contributed by atoms with Crippen molar-refractivity contribution in [2.45, 2.75) is 19.4 Å². The molecule has 0 bridgehead atoms. The van der Waals surface area contributed by atoms with E-state index in [1.807, 2.05) is 41.3 Å². The van der Waals surface area contributed by atoms with Gasteiger partial charge in [0.15, 0.2) is 11.5 Å². The van der Waals surface area contributed by atoms with Gasteiger partial charge >= 0.3 is 0 Å². The van der Waals surface area contributed by atoms with Crippen LogP contribution in [0.25, 0.3) is 0 Å². The first-order valence-electron chi connectivity index (χ1n) is 9.22. The van der Waals surface area contributed by atoms with Crippen molar-refractivity contribution >= 4 is 11.6 Å². The Morgan fingerprint density at radius 3 is 2.93 bits per heavy atom. The van der Waals surface area contributed by atoms with E-state index >= 15 is 0 Å². The zero-order chi connectivity index (χ0) is 19.1. The van der Waals surface area contributed by atoms with Crippen molar-refractivity contribution in [3.8, 4) is 11.5 Å². The van der Waals surface area contributed by atoms with Crippen LogP contribution in [0.4, 0.5) is 5.69 Å². The topological polar surface area (TPSA) is 50.8 Å². The zero-order valence-electron chi connectivity index (χ0n) is 15.7. The SMILES string of the molecule is C=CCOc1ccc(CNCC(=O)N2CCCc3ccccc32)cc1OC. The van der Waals surface area contributed by atoms with Crippen molar-refractivity contribution in [3.63, 3.8) is 0 Å². The highest BCUT2D eigenvalue weighted by Crippen LogP contribution is 2.28. The molecule has 1 aliphatic heterocycles. The molecule has 0 radical (unpaired) electrons. The van der Waals surface area contributed by atoms with E-state index in [9.17, 15) is 4.79 Å². The summed E-state index contributed by atoms with van der Waals surface area (Å²) in [6.45, 7) is 5.74. The van der Waals surface area contributed by atoms with Crippen LogP contribution in [0.2, 0.25) is 0 Å². The molecule has 3 rings (SSSR count). The second-order valence-electron chi connectivity index (χ2n) is 6.47. The van der Waals surface area contributed by atoms with E-state index < -0.39 is 0 Å². The van der Waals surface area contributed by atoms with E-state index in [4.69, 9.17) is 9.47 Å². The van der Waals surface area contributed by atoms with Gasteiger partial charge in [0.25, 0.3) is 0 Å². The first-order chi connectivity index (χ1) is 13.2. The van der Waals surface area contributed by atoms with Crippen molar-refractivity contribution in [2.24, 2.45) is 0 Å². The number of hydrogen-bond acceptors (Lipinski definition) is 4. The molecule has 0 aliphatic carbocycles. The number of carbonyl (C=O) groups excluding carboxylic acids is 1. The number of benzene rings is 2. The Balaban J connectivity index is 1.57. The molecule has 2 aromatic rings. The van der Waals surface area contributed by atoms with E-state index in [0.29, 0.717) is 31.2 Å². The number of anilines is 1. The minimum absolute atomic E-state index is 0.0973. The third-order valence-electron chi connectivity index (χ3n) is 4.60. The minimum Gasteiger partial charge on any atom is -0.493 e. The van der Waals surface area contributed by atoms with Gasteiger partial charge in [-0.3, -0.25) is 4.79 Å². The van der Waals surface area contributed by atoms with Gasteiger partial charge in [0.2, 0.25) is 5.91 Å². The first kappa shape index (κ1) is 19.0. The van der Waals surface area contributed by atoms with E-state index in [1.54, 1.807) is 13.2 Å². The van der Waals surface area contributed by atoms with Crippen molar-refractivity contribution in [1.29, 1.82) is 0 Å². The third-order valence-corrected chi connectivity index (χ3v) is 4.60. The highest BCUT2D eigenvalue weighted by Gasteiger charge is 2.21. The first-order valence-corrected chi connectivity index (χ1v) is 9.22. The Morgan fingerprint density at radius 2 is 2.11 bits per heavy atom. The molecule has 0 spiro atoms. The lowest BCUT2D eigenvalue weighted by Crippen LogP contribution is -2.41.